The zero-order valence-electron chi connectivity index (χ0n) is 25.4. The van der Waals surface area contributed by atoms with E-state index in [0.717, 1.165) is 47.1 Å². The van der Waals surface area contributed by atoms with Crippen LogP contribution in [0.2, 0.25) is 0 Å². The Kier molecular flexibility index (Phi) is 10.0. The number of ether oxygens (including phenoxy) is 1. The van der Waals surface area contributed by atoms with Gasteiger partial charge < -0.3 is 20.3 Å². The van der Waals surface area contributed by atoms with Crippen molar-refractivity contribution in [3.8, 4) is 0 Å². The van der Waals surface area contributed by atoms with E-state index < -0.39 is 23.8 Å². The maximum Gasteiger partial charge on any atom is 0.408 e. The molecule has 0 spiro atoms. The number of benzene rings is 3. The fraction of sp³-hybridized carbons (Fsp3) is 0.400. The van der Waals surface area contributed by atoms with Crippen molar-refractivity contribution in [1.82, 2.24) is 15.5 Å². The Bertz CT molecular complexity index is 1360. The average Bonchev–Trinajstić information content (AvgIpc) is 2.91. The fourth-order valence-electron chi connectivity index (χ4n) is 5.29. The molecular formula is C35H43N3O4. The molecule has 1 aliphatic rings. The summed E-state index contributed by atoms with van der Waals surface area (Å²) in [5.74, 6) is -0.545. The van der Waals surface area contributed by atoms with Crippen LogP contribution in [0.15, 0.2) is 78.9 Å². The second-order valence-corrected chi connectivity index (χ2v) is 12.2. The third kappa shape index (κ3) is 8.21. The number of amides is 3. The van der Waals surface area contributed by atoms with Gasteiger partial charge in [-0.3, -0.25) is 9.59 Å². The van der Waals surface area contributed by atoms with Crippen LogP contribution in [-0.2, 0) is 27.3 Å². The van der Waals surface area contributed by atoms with Gasteiger partial charge in [0, 0.05) is 19.0 Å². The summed E-state index contributed by atoms with van der Waals surface area (Å²) in [6.45, 7) is 9.69. The highest BCUT2D eigenvalue weighted by atomic mass is 16.6. The number of carbonyl (C=O) groups excluding carboxylic acids is 3. The van der Waals surface area contributed by atoms with Crippen LogP contribution in [0.3, 0.4) is 0 Å². The minimum absolute atomic E-state index is 0.121. The Morgan fingerprint density at radius 2 is 1.52 bits per heavy atom. The van der Waals surface area contributed by atoms with Crippen molar-refractivity contribution in [1.29, 1.82) is 0 Å². The van der Waals surface area contributed by atoms with Crippen LogP contribution in [0, 0.1) is 13.8 Å². The van der Waals surface area contributed by atoms with Gasteiger partial charge in [0.05, 0.1) is 0 Å². The van der Waals surface area contributed by atoms with Crippen LogP contribution in [-0.4, -0.2) is 40.5 Å². The van der Waals surface area contributed by atoms with Crippen molar-refractivity contribution < 1.29 is 19.1 Å². The average molecular weight is 570 g/mol. The third-order valence-electron chi connectivity index (χ3n) is 7.55. The first-order valence-electron chi connectivity index (χ1n) is 14.8. The molecule has 0 bridgehead atoms. The van der Waals surface area contributed by atoms with Gasteiger partial charge in [0.15, 0.2) is 0 Å². The van der Waals surface area contributed by atoms with E-state index in [1.807, 2.05) is 92.7 Å². The van der Waals surface area contributed by atoms with Crippen molar-refractivity contribution in [3.05, 3.63) is 107 Å². The molecule has 0 heterocycles. The molecule has 1 aliphatic carbocycles. The molecule has 0 saturated heterocycles. The molecule has 2 N–H and O–H groups in total. The van der Waals surface area contributed by atoms with E-state index in [1.54, 1.807) is 25.7 Å². The van der Waals surface area contributed by atoms with Gasteiger partial charge in [-0.25, -0.2) is 4.79 Å². The number of carbonyl (C=O) groups is 3. The van der Waals surface area contributed by atoms with Crippen molar-refractivity contribution >= 4 is 17.9 Å². The Labute approximate surface area is 249 Å². The van der Waals surface area contributed by atoms with Gasteiger partial charge >= 0.3 is 6.09 Å². The number of hydrogen-bond donors (Lipinski definition) is 2. The molecule has 3 aromatic rings. The predicted molar refractivity (Wildman–Crippen MR) is 165 cm³/mol. The maximum absolute atomic E-state index is 14.6. The summed E-state index contributed by atoms with van der Waals surface area (Å²) in [6, 6.07) is 23.4. The summed E-state index contributed by atoms with van der Waals surface area (Å²) < 4.78 is 5.55. The molecule has 42 heavy (non-hydrogen) atoms. The number of rotatable bonds is 10. The molecule has 7 nitrogen and oxygen atoms in total. The molecule has 0 radical (unpaired) electrons. The lowest BCUT2D eigenvalue weighted by molar-refractivity contribution is -0.147. The van der Waals surface area contributed by atoms with E-state index in [1.165, 1.54) is 0 Å². The number of alkyl carbamates (subject to hydrolysis) is 1. The lowest BCUT2D eigenvalue weighted by Crippen LogP contribution is -2.58. The molecule has 1 saturated carbocycles. The Hall–Kier alpha value is -4.13. The topological polar surface area (TPSA) is 87.7 Å². The fourth-order valence-corrected chi connectivity index (χ4v) is 5.29. The number of nitrogens with one attached hydrogen (secondary N) is 2. The normalized spacial score (nSPS) is 14.7. The lowest BCUT2D eigenvalue weighted by atomic mass is 9.86. The highest BCUT2D eigenvalue weighted by Crippen LogP contribution is 2.35. The van der Waals surface area contributed by atoms with Crippen LogP contribution < -0.4 is 10.6 Å². The van der Waals surface area contributed by atoms with Gasteiger partial charge in [-0.1, -0.05) is 84.4 Å². The predicted octanol–water partition coefficient (Wildman–Crippen LogP) is 6.18. The third-order valence-corrected chi connectivity index (χ3v) is 7.55. The monoisotopic (exact) mass is 569 g/mol. The standard InChI is InChI=1S/C35H43N3O4/c1-24-19-20-29(25(2)21-24)31(32(39)36-23-27-15-10-7-11-16-27)38(28-17-12-18-28)33(40)30(22-26-13-8-6-9-14-26)37-34(41)42-35(3,4)5/h6-11,13-16,19-21,28,30-31H,12,17-18,22-23H2,1-5H3,(H,36,39)(H,37,41). The van der Waals surface area contributed by atoms with Crippen molar-refractivity contribution in [2.45, 2.75) is 90.6 Å². The number of hydrogen-bond acceptors (Lipinski definition) is 4. The van der Waals surface area contributed by atoms with Crippen molar-refractivity contribution in [3.63, 3.8) is 0 Å². The summed E-state index contributed by atoms with van der Waals surface area (Å²) in [7, 11) is 0. The van der Waals surface area contributed by atoms with Crippen LogP contribution in [0.1, 0.15) is 73.9 Å². The van der Waals surface area contributed by atoms with Gasteiger partial charge in [-0.05, 0) is 76.1 Å². The van der Waals surface area contributed by atoms with Crippen LogP contribution in [0.25, 0.3) is 0 Å². The number of nitrogens with zero attached hydrogens (tertiary/aromatic N) is 1. The number of aryl methyl sites for hydroxylation is 2. The molecule has 2 atom stereocenters. The lowest BCUT2D eigenvalue weighted by Gasteiger charge is -2.44. The Morgan fingerprint density at radius 1 is 0.905 bits per heavy atom. The van der Waals surface area contributed by atoms with E-state index in [9.17, 15) is 14.4 Å². The molecule has 2 unspecified atom stereocenters. The molecule has 4 rings (SSSR count). The molecule has 1 fully saturated rings. The smallest absolute Gasteiger partial charge is 0.408 e. The molecule has 222 valence electrons. The van der Waals surface area contributed by atoms with Gasteiger partial charge in [-0.2, -0.15) is 0 Å². The molecule has 0 aliphatic heterocycles. The first kappa shape index (κ1) is 30.8. The quantitative estimate of drug-likeness (QED) is 0.305. The maximum atomic E-state index is 14.6. The van der Waals surface area contributed by atoms with Gasteiger partial charge in [0.1, 0.15) is 17.7 Å². The van der Waals surface area contributed by atoms with E-state index in [4.69, 9.17) is 4.74 Å². The molecule has 0 aromatic heterocycles. The van der Waals surface area contributed by atoms with E-state index in [2.05, 4.69) is 10.6 Å². The largest absolute Gasteiger partial charge is 0.444 e. The van der Waals surface area contributed by atoms with Gasteiger partial charge in [0.25, 0.3) is 0 Å². The Balaban J connectivity index is 1.72. The van der Waals surface area contributed by atoms with E-state index in [0.29, 0.717) is 6.54 Å². The van der Waals surface area contributed by atoms with Gasteiger partial charge in [-0.15, -0.1) is 0 Å². The van der Waals surface area contributed by atoms with Crippen LogP contribution in [0.4, 0.5) is 4.79 Å². The Morgan fingerprint density at radius 3 is 2.07 bits per heavy atom. The summed E-state index contributed by atoms with van der Waals surface area (Å²) in [5.41, 5.74) is 3.94. The highest BCUT2D eigenvalue weighted by Gasteiger charge is 2.42. The van der Waals surface area contributed by atoms with Crippen molar-refractivity contribution in [2.75, 3.05) is 0 Å². The van der Waals surface area contributed by atoms with Crippen molar-refractivity contribution in [2.24, 2.45) is 0 Å². The second-order valence-electron chi connectivity index (χ2n) is 12.2. The SMILES string of the molecule is Cc1ccc(C(C(=O)NCc2ccccc2)N(C(=O)C(Cc2ccccc2)NC(=O)OC(C)(C)C)C2CCC2)c(C)c1. The van der Waals surface area contributed by atoms with E-state index in [-0.39, 0.29) is 24.3 Å². The molecule has 3 amide bonds. The second kappa shape index (κ2) is 13.7. The minimum Gasteiger partial charge on any atom is -0.444 e. The summed E-state index contributed by atoms with van der Waals surface area (Å²) >= 11 is 0. The molecular weight excluding hydrogens is 526 g/mol. The summed E-state index contributed by atoms with van der Waals surface area (Å²) in [4.78, 5) is 43.5. The summed E-state index contributed by atoms with van der Waals surface area (Å²) in [5, 5.41) is 5.94. The van der Waals surface area contributed by atoms with E-state index >= 15 is 0 Å². The summed E-state index contributed by atoms with van der Waals surface area (Å²) in [6.07, 6.45) is 2.17. The van der Waals surface area contributed by atoms with Crippen LogP contribution in [0.5, 0.6) is 0 Å². The highest BCUT2D eigenvalue weighted by molar-refractivity contribution is 5.93. The first-order valence-corrected chi connectivity index (χ1v) is 14.8. The minimum atomic E-state index is -0.918. The molecule has 3 aromatic carbocycles. The van der Waals surface area contributed by atoms with Gasteiger partial charge in [0.2, 0.25) is 11.8 Å². The first-order chi connectivity index (χ1) is 20.0. The molecule has 7 heteroatoms. The zero-order chi connectivity index (χ0) is 30.3. The van der Waals surface area contributed by atoms with Crippen LogP contribution >= 0.6 is 0 Å². The zero-order valence-corrected chi connectivity index (χ0v) is 25.4.